The highest BCUT2D eigenvalue weighted by atomic mass is 32.2. The van der Waals surface area contributed by atoms with Crippen LogP contribution < -0.4 is 14.5 Å². The fourth-order valence-corrected chi connectivity index (χ4v) is 5.79. The van der Waals surface area contributed by atoms with Gasteiger partial charge in [-0.05, 0) is 37.6 Å². The number of benzene rings is 1. The number of piperazine rings is 1. The third kappa shape index (κ3) is 4.55. The summed E-state index contributed by atoms with van der Waals surface area (Å²) in [6.07, 6.45) is 0.553. The molecular formula is C19H30N3O4S+. The Kier molecular flexibility index (Phi) is 5.95. The molecule has 2 aliphatic rings. The number of carbonyl (C=O) groups excluding carboxylic acids is 1. The van der Waals surface area contributed by atoms with Gasteiger partial charge in [0.15, 0.2) is 15.9 Å². The van der Waals surface area contributed by atoms with E-state index in [2.05, 4.69) is 17.0 Å². The lowest BCUT2D eigenvalue weighted by molar-refractivity contribution is -0.915. The Morgan fingerprint density at radius 3 is 2.41 bits per heavy atom. The lowest BCUT2D eigenvalue weighted by atomic mass is 10.1. The molecule has 27 heavy (non-hydrogen) atoms. The van der Waals surface area contributed by atoms with Gasteiger partial charge < -0.3 is 19.4 Å². The SMILES string of the molecule is COc1ccc(N2CC[NH+]([C@H](C)C(=O)N(C)[C@@H]3CCS(=O)(=O)C3)CC2)cc1. The molecule has 2 fully saturated rings. The summed E-state index contributed by atoms with van der Waals surface area (Å²) >= 11 is 0. The number of likely N-dealkylation sites (N-methyl/N-ethyl adjacent to an activating group) is 1. The van der Waals surface area contributed by atoms with Crippen molar-refractivity contribution >= 4 is 21.4 Å². The maximum absolute atomic E-state index is 12.8. The summed E-state index contributed by atoms with van der Waals surface area (Å²) in [7, 11) is 0.424. The summed E-state index contributed by atoms with van der Waals surface area (Å²) in [5.74, 6) is 1.18. The number of anilines is 1. The maximum Gasteiger partial charge on any atom is 0.280 e. The zero-order valence-corrected chi connectivity index (χ0v) is 17.2. The number of quaternary nitrogens is 1. The van der Waals surface area contributed by atoms with Crippen LogP contribution in [-0.4, -0.2) is 83.2 Å². The van der Waals surface area contributed by atoms with Gasteiger partial charge >= 0.3 is 0 Å². The molecule has 0 aromatic heterocycles. The summed E-state index contributed by atoms with van der Waals surface area (Å²) in [6.45, 7) is 5.51. The van der Waals surface area contributed by atoms with Crippen molar-refractivity contribution in [3.8, 4) is 5.75 Å². The van der Waals surface area contributed by atoms with Gasteiger partial charge in [-0.15, -0.1) is 0 Å². The van der Waals surface area contributed by atoms with Crippen LogP contribution in [0.2, 0.25) is 0 Å². The fraction of sp³-hybridized carbons (Fsp3) is 0.632. The van der Waals surface area contributed by atoms with E-state index in [0.717, 1.165) is 31.9 Å². The Bertz CT molecular complexity index is 758. The number of hydrogen-bond acceptors (Lipinski definition) is 5. The highest BCUT2D eigenvalue weighted by molar-refractivity contribution is 7.91. The number of nitrogens with zero attached hydrogens (tertiary/aromatic N) is 2. The van der Waals surface area contributed by atoms with E-state index in [4.69, 9.17) is 4.74 Å². The van der Waals surface area contributed by atoms with Crippen LogP contribution in [0.1, 0.15) is 13.3 Å². The number of hydrogen-bond donors (Lipinski definition) is 1. The zero-order valence-electron chi connectivity index (χ0n) is 16.3. The van der Waals surface area contributed by atoms with Crippen molar-refractivity contribution in [3.05, 3.63) is 24.3 Å². The van der Waals surface area contributed by atoms with Crippen molar-refractivity contribution in [2.75, 3.05) is 56.7 Å². The number of ether oxygens (including phenoxy) is 1. The first kappa shape index (κ1) is 19.9. The molecule has 0 saturated carbocycles. The Morgan fingerprint density at radius 1 is 1.26 bits per heavy atom. The van der Waals surface area contributed by atoms with Crippen molar-refractivity contribution < 1.29 is 22.8 Å². The Morgan fingerprint density at radius 2 is 1.89 bits per heavy atom. The molecule has 2 atom stereocenters. The lowest BCUT2D eigenvalue weighted by Gasteiger charge is -2.37. The van der Waals surface area contributed by atoms with Gasteiger partial charge in [0, 0.05) is 18.8 Å². The smallest absolute Gasteiger partial charge is 0.280 e. The largest absolute Gasteiger partial charge is 0.497 e. The van der Waals surface area contributed by atoms with Gasteiger partial charge in [-0.25, -0.2) is 8.42 Å². The summed E-state index contributed by atoms with van der Waals surface area (Å²) in [5, 5.41) is 0. The fourth-order valence-electron chi connectivity index (χ4n) is 4.02. The molecule has 150 valence electrons. The third-order valence-electron chi connectivity index (χ3n) is 5.93. The second-order valence-electron chi connectivity index (χ2n) is 7.57. The summed E-state index contributed by atoms with van der Waals surface area (Å²) in [4.78, 5) is 18.1. The van der Waals surface area contributed by atoms with E-state index in [0.29, 0.717) is 6.42 Å². The second-order valence-corrected chi connectivity index (χ2v) is 9.80. The number of methoxy groups -OCH3 is 1. The standard InChI is InChI=1S/C19H29N3O4S/c1-15(19(23)20(2)17-8-13-27(24,25)14-17)21-9-11-22(12-10-21)16-4-6-18(26-3)7-5-16/h4-7,15,17H,8-14H2,1-3H3/p+1/t15-,17-/m1/s1. The molecule has 1 aromatic carbocycles. The van der Waals surface area contributed by atoms with Crippen molar-refractivity contribution in [1.82, 2.24) is 4.90 Å². The minimum atomic E-state index is -2.98. The number of sulfone groups is 1. The highest BCUT2D eigenvalue weighted by Gasteiger charge is 2.37. The Balaban J connectivity index is 1.54. The lowest BCUT2D eigenvalue weighted by Crippen LogP contribution is -3.19. The molecule has 0 radical (unpaired) electrons. The average Bonchev–Trinajstić information content (AvgIpc) is 3.06. The molecule has 0 aliphatic carbocycles. The highest BCUT2D eigenvalue weighted by Crippen LogP contribution is 2.19. The Hall–Kier alpha value is -1.80. The van der Waals surface area contributed by atoms with E-state index < -0.39 is 9.84 Å². The minimum Gasteiger partial charge on any atom is -0.497 e. The van der Waals surface area contributed by atoms with Gasteiger partial charge in [0.1, 0.15) is 5.75 Å². The van der Waals surface area contributed by atoms with E-state index >= 15 is 0 Å². The van der Waals surface area contributed by atoms with Crippen LogP contribution in [-0.2, 0) is 14.6 Å². The van der Waals surface area contributed by atoms with E-state index in [9.17, 15) is 13.2 Å². The quantitative estimate of drug-likeness (QED) is 0.722. The molecule has 3 rings (SSSR count). The van der Waals surface area contributed by atoms with Gasteiger partial charge in [-0.2, -0.15) is 0 Å². The van der Waals surface area contributed by atoms with Gasteiger partial charge in [0.2, 0.25) is 0 Å². The summed E-state index contributed by atoms with van der Waals surface area (Å²) in [5.41, 5.74) is 1.17. The molecule has 2 heterocycles. The molecule has 2 aliphatic heterocycles. The van der Waals surface area contributed by atoms with Crippen LogP contribution in [0.25, 0.3) is 0 Å². The molecule has 0 bridgehead atoms. The van der Waals surface area contributed by atoms with E-state index in [-0.39, 0.29) is 29.5 Å². The monoisotopic (exact) mass is 396 g/mol. The van der Waals surface area contributed by atoms with E-state index in [1.807, 2.05) is 19.1 Å². The number of nitrogens with one attached hydrogen (secondary N) is 1. The first-order valence-corrected chi connectivity index (χ1v) is 11.3. The second kappa shape index (κ2) is 8.06. The molecule has 1 N–H and O–H groups in total. The van der Waals surface area contributed by atoms with E-state index in [1.54, 1.807) is 19.1 Å². The molecular weight excluding hydrogens is 366 g/mol. The first-order chi connectivity index (χ1) is 12.8. The molecule has 0 spiro atoms. The third-order valence-corrected chi connectivity index (χ3v) is 7.68. The van der Waals surface area contributed by atoms with Crippen molar-refractivity contribution in [3.63, 3.8) is 0 Å². The normalized spacial score (nSPS) is 23.8. The van der Waals surface area contributed by atoms with Gasteiger partial charge in [0.05, 0.1) is 44.8 Å². The Labute approximate surface area is 161 Å². The van der Waals surface area contributed by atoms with Crippen LogP contribution in [0.15, 0.2) is 24.3 Å². The maximum atomic E-state index is 12.8. The average molecular weight is 397 g/mol. The predicted octanol–water partition coefficient (Wildman–Crippen LogP) is -0.566. The molecule has 0 unspecified atom stereocenters. The topological polar surface area (TPSA) is 71.4 Å². The molecule has 8 heteroatoms. The molecule has 1 aromatic rings. The van der Waals surface area contributed by atoms with Crippen molar-refractivity contribution in [2.24, 2.45) is 0 Å². The molecule has 7 nitrogen and oxygen atoms in total. The summed E-state index contributed by atoms with van der Waals surface area (Å²) < 4.78 is 28.6. The van der Waals surface area contributed by atoms with Crippen LogP contribution in [0.4, 0.5) is 5.69 Å². The molecule has 1 amide bonds. The first-order valence-electron chi connectivity index (χ1n) is 9.51. The van der Waals surface area contributed by atoms with Gasteiger partial charge in [0.25, 0.3) is 5.91 Å². The van der Waals surface area contributed by atoms with Crippen LogP contribution >= 0.6 is 0 Å². The van der Waals surface area contributed by atoms with Crippen LogP contribution in [0.5, 0.6) is 5.75 Å². The predicted molar refractivity (Wildman–Crippen MR) is 105 cm³/mol. The summed E-state index contributed by atoms with van der Waals surface area (Å²) in [6, 6.07) is 7.72. The number of rotatable bonds is 5. The van der Waals surface area contributed by atoms with Gasteiger partial charge in [-0.1, -0.05) is 0 Å². The van der Waals surface area contributed by atoms with Crippen LogP contribution in [0, 0.1) is 0 Å². The number of amides is 1. The minimum absolute atomic E-state index is 0.0463. The van der Waals surface area contributed by atoms with Crippen molar-refractivity contribution in [1.29, 1.82) is 0 Å². The van der Waals surface area contributed by atoms with Gasteiger partial charge in [-0.3, -0.25) is 4.79 Å². The van der Waals surface area contributed by atoms with E-state index in [1.165, 1.54) is 10.6 Å². The zero-order chi connectivity index (χ0) is 19.6. The van der Waals surface area contributed by atoms with Crippen molar-refractivity contribution in [2.45, 2.75) is 25.4 Å². The van der Waals surface area contributed by atoms with Crippen LogP contribution in [0.3, 0.4) is 0 Å². The molecule has 2 saturated heterocycles. The number of carbonyl (C=O) groups is 1.